The number of nitrogens with one attached hydrogen (secondary N) is 1. The first-order valence-electron chi connectivity index (χ1n) is 2.85. The molecule has 1 heterocycles. The molecule has 1 aromatic rings. The minimum atomic E-state index is -0.728. The van der Waals surface area contributed by atoms with Crippen LogP contribution in [-0.4, -0.2) is 15.1 Å². The van der Waals surface area contributed by atoms with Gasteiger partial charge in [0.2, 0.25) is 0 Å². The molecular weight excluding hydrogens is 130 g/mol. The number of H-pyrrole nitrogens is 1. The van der Waals surface area contributed by atoms with E-state index in [1.807, 2.05) is 0 Å². The van der Waals surface area contributed by atoms with Gasteiger partial charge in [0.1, 0.15) is 6.10 Å². The van der Waals surface area contributed by atoms with Crippen LogP contribution >= 0.6 is 0 Å². The molecular formula is C6H9N3O. The molecule has 0 amide bonds. The average molecular weight is 139 g/mol. The molecule has 0 bridgehead atoms. The van der Waals surface area contributed by atoms with Crippen LogP contribution in [-0.2, 0) is 0 Å². The smallest absolute Gasteiger partial charge is 0.197 e. The summed E-state index contributed by atoms with van der Waals surface area (Å²) in [5.41, 5.74) is 5.75. The molecule has 0 saturated carbocycles. The number of hydrogen-bond donors (Lipinski definition) is 3. The Kier molecular flexibility index (Phi) is 1.73. The Balaban J connectivity index is 2.84. The normalized spacial score (nSPS) is 12.9. The Labute approximate surface area is 58.4 Å². The van der Waals surface area contributed by atoms with E-state index in [1.54, 1.807) is 6.20 Å². The fourth-order valence-electron chi connectivity index (χ4n) is 0.624. The van der Waals surface area contributed by atoms with Gasteiger partial charge in [0.25, 0.3) is 0 Å². The highest BCUT2D eigenvalue weighted by Crippen LogP contribution is 2.10. The number of hydrogen-bond acceptors (Lipinski definition) is 3. The predicted molar refractivity (Wildman–Crippen MR) is 38.2 cm³/mol. The second-order valence-electron chi connectivity index (χ2n) is 1.89. The molecule has 0 fully saturated rings. The van der Waals surface area contributed by atoms with E-state index in [2.05, 4.69) is 16.5 Å². The van der Waals surface area contributed by atoms with Gasteiger partial charge in [-0.1, -0.05) is 6.08 Å². The van der Waals surface area contributed by atoms with E-state index < -0.39 is 6.10 Å². The number of nitrogens with two attached hydrogens (primary N) is 1. The lowest BCUT2D eigenvalue weighted by Crippen LogP contribution is -1.93. The molecule has 10 heavy (non-hydrogen) atoms. The maximum atomic E-state index is 9.09. The van der Waals surface area contributed by atoms with Gasteiger partial charge in [-0.05, 0) is 0 Å². The van der Waals surface area contributed by atoms with Crippen LogP contribution in [0.5, 0.6) is 0 Å². The van der Waals surface area contributed by atoms with Crippen molar-refractivity contribution in [2.75, 3.05) is 5.73 Å². The second kappa shape index (κ2) is 2.53. The van der Waals surface area contributed by atoms with Gasteiger partial charge < -0.3 is 15.8 Å². The zero-order valence-corrected chi connectivity index (χ0v) is 5.41. The number of anilines is 1. The molecule has 0 aliphatic heterocycles. The third kappa shape index (κ3) is 1.16. The van der Waals surface area contributed by atoms with Crippen molar-refractivity contribution in [3.8, 4) is 0 Å². The summed E-state index contributed by atoms with van der Waals surface area (Å²) in [6, 6.07) is 0. The monoisotopic (exact) mass is 139 g/mol. The van der Waals surface area contributed by atoms with Crippen molar-refractivity contribution in [2.45, 2.75) is 6.10 Å². The molecule has 1 unspecified atom stereocenters. The molecule has 0 aromatic carbocycles. The Morgan fingerprint density at radius 2 is 2.60 bits per heavy atom. The van der Waals surface area contributed by atoms with Crippen LogP contribution in [0.4, 0.5) is 5.95 Å². The van der Waals surface area contributed by atoms with Crippen molar-refractivity contribution >= 4 is 5.95 Å². The Morgan fingerprint density at radius 3 is 3.00 bits per heavy atom. The fraction of sp³-hybridized carbons (Fsp3) is 0.167. The van der Waals surface area contributed by atoms with E-state index in [0.29, 0.717) is 11.6 Å². The zero-order chi connectivity index (χ0) is 7.56. The van der Waals surface area contributed by atoms with Crippen LogP contribution in [0.15, 0.2) is 18.9 Å². The highest BCUT2D eigenvalue weighted by Gasteiger charge is 2.04. The lowest BCUT2D eigenvalue weighted by atomic mass is 10.3. The van der Waals surface area contributed by atoms with E-state index in [9.17, 15) is 0 Å². The van der Waals surface area contributed by atoms with E-state index >= 15 is 0 Å². The van der Waals surface area contributed by atoms with E-state index in [1.165, 1.54) is 6.08 Å². The third-order valence-corrected chi connectivity index (χ3v) is 1.14. The molecule has 1 rings (SSSR count). The summed E-state index contributed by atoms with van der Waals surface area (Å²) < 4.78 is 0. The van der Waals surface area contributed by atoms with Crippen molar-refractivity contribution in [3.05, 3.63) is 24.5 Å². The predicted octanol–water partition coefficient (Wildman–Crippen LogP) is 0.211. The van der Waals surface area contributed by atoms with Crippen LogP contribution in [0, 0.1) is 0 Å². The lowest BCUT2D eigenvalue weighted by Gasteiger charge is -1.96. The molecule has 0 spiro atoms. The number of rotatable bonds is 2. The van der Waals surface area contributed by atoms with Gasteiger partial charge in [0.15, 0.2) is 5.95 Å². The topological polar surface area (TPSA) is 74.9 Å². The van der Waals surface area contributed by atoms with Crippen molar-refractivity contribution in [3.63, 3.8) is 0 Å². The number of imidazole rings is 1. The molecule has 4 heteroatoms. The first-order valence-corrected chi connectivity index (χ1v) is 2.85. The summed E-state index contributed by atoms with van der Waals surface area (Å²) in [6.07, 6.45) is 2.20. The molecule has 1 atom stereocenters. The van der Waals surface area contributed by atoms with Crippen LogP contribution in [0.3, 0.4) is 0 Å². The highest BCUT2D eigenvalue weighted by molar-refractivity contribution is 5.21. The number of aliphatic hydroxyl groups is 1. The summed E-state index contributed by atoms with van der Waals surface area (Å²) in [5.74, 6) is 0.302. The van der Waals surface area contributed by atoms with Gasteiger partial charge in [-0.2, -0.15) is 0 Å². The molecule has 0 radical (unpaired) electrons. The SMILES string of the molecule is C=CC(O)c1c[nH]c(N)n1. The van der Waals surface area contributed by atoms with Crippen LogP contribution in [0.2, 0.25) is 0 Å². The van der Waals surface area contributed by atoms with Crippen LogP contribution in [0.25, 0.3) is 0 Å². The number of nitrogen functional groups attached to an aromatic ring is 1. The summed E-state index contributed by atoms with van der Waals surface area (Å²) in [5, 5.41) is 9.09. The minimum Gasteiger partial charge on any atom is -0.383 e. The highest BCUT2D eigenvalue weighted by atomic mass is 16.3. The molecule has 4 N–H and O–H groups in total. The number of aromatic nitrogens is 2. The molecule has 0 saturated heterocycles. The maximum absolute atomic E-state index is 9.09. The quantitative estimate of drug-likeness (QED) is 0.513. The van der Waals surface area contributed by atoms with Crippen molar-refractivity contribution in [1.29, 1.82) is 0 Å². The Hall–Kier alpha value is -1.29. The maximum Gasteiger partial charge on any atom is 0.197 e. The standard InChI is InChI=1S/C6H9N3O/c1-2-5(10)4-3-8-6(7)9-4/h2-3,5,10H,1H2,(H3,7,8,9). The summed E-state index contributed by atoms with van der Waals surface area (Å²) in [6.45, 7) is 3.40. The first kappa shape index (κ1) is 6.82. The average Bonchev–Trinajstić information content (AvgIpc) is 2.34. The Morgan fingerprint density at radius 1 is 1.90 bits per heavy atom. The number of aromatic amines is 1. The molecule has 0 aliphatic carbocycles. The zero-order valence-electron chi connectivity index (χ0n) is 5.41. The third-order valence-electron chi connectivity index (χ3n) is 1.14. The summed E-state index contributed by atoms with van der Waals surface area (Å²) >= 11 is 0. The second-order valence-corrected chi connectivity index (χ2v) is 1.89. The van der Waals surface area contributed by atoms with Crippen LogP contribution < -0.4 is 5.73 Å². The Bertz CT molecular complexity index is 231. The van der Waals surface area contributed by atoms with Crippen LogP contribution in [0.1, 0.15) is 11.8 Å². The number of nitrogens with zero attached hydrogens (tertiary/aromatic N) is 1. The van der Waals surface area contributed by atoms with E-state index in [-0.39, 0.29) is 0 Å². The first-order chi connectivity index (χ1) is 4.74. The minimum absolute atomic E-state index is 0.302. The fourth-order valence-corrected chi connectivity index (χ4v) is 0.624. The molecule has 1 aromatic heterocycles. The molecule has 54 valence electrons. The van der Waals surface area contributed by atoms with Gasteiger partial charge in [0.05, 0.1) is 5.69 Å². The van der Waals surface area contributed by atoms with E-state index in [0.717, 1.165) is 0 Å². The lowest BCUT2D eigenvalue weighted by molar-refractivity contribution is 0.225. The van der Waals surface area contributed by atoms with Gasteiger partial charge in [-0.25, -0.2) is 4.98 Å². The van der Waals surface area contributed by atoms with Gasteiger partial charge >= 0.3 is 0 Å². The van der Waals surface area contributed by atoms with E-state index in [4.69, 9.17) is 10.8 Å². The van der Waals surface area contributed by atoms with Gasteiger partial charge in [-0.15, -0.1) is 6.58 Å². The summed E-state index contributed by atoms with van der Waals surface area (Å²) in [7, 11) is 0. The molecule has 4 nitrogen and oxygen atoms in total. The van der Waals surface area contributed by atoms with Crippen molar-refractivity contribution in [2.24, 2.45) is 0 Å². The van der Waals surface area contributed by atoms with Gasteiger partial charge in [0, 0.05) is 6.20 Å². The number of aliphatic hydroxyl groups excluding tert-OH is 1. The summed E-state index contributed by atoms with van der Waals surface area (Å²) in [4.78, 5) is 6.43. The largest absolute Gasteiger partial charge is 0.383 e. The van der Waals surface area contributed by atoms with Gasteiger partial charge in [-0.3, -0.25) is 0 Å². The van der Waals surface area contributed by atoms with Crippen molar-refractivity contribution in [1.82, 2.24) is 9.97 Å². The van der Waals surface area contributed by atoms with Crippen molar-refractivity contribution < 1.29 is 5.11 Å². The molecule has 0 aliphatic rings.